The number of likely N-dealkylation sites (N-methyl/N-ethyl adjacent to an activating group) is 1. The number of esters is 1. The van der Waals surface area contributed by atoms with Crippen molar-refractivity contribution >= 4 is 18.0 Å². The van der Waals surface area contributed by atoms with Gasteiger partial charge < -0.3 is 14.4 Å². The standard InChI is InChI=1S/C32H38N2O4/c1-21(2)20-34(28(36)14-13-23-9-6-5-7-10-23)25-15-16-32(38-22(3)35)27-19-24-11-8-12-26-29(24)31(32,30(25)37-26)17-18-33(27)4/h5-14,21,25,27,30H,15-20H2,1-4H3/t25-,27-,30+,31+,32-/m1/s1. The molecule has 6 rings (SSSR count). The lowest BCUT2D eigenvalue weighted by atomic mass is 9.48. The number of piperidine rings is 1. The molecule has 200 valence electrons. The van der Waals surface area contributed by atoms with Gasteiger partial charge in [-0.15, -0.1) is 0 Å². The summed E-state index contributed by atoms with van der Waals surface area (Å²) in [5, 5.41) is 0. The maximum absolute atomic E-state index is 13.8. The summed E-state index contributed by atoms with van der Waals surface area (Å²) < 4.78 is 13.3. The number of hydrogen-bond acceptors (Lipinski definition) is 5. The Bertz CT molecular complexity index is 1270. The number of carbonyl (C=O) groups excluding carboxylic acids is 2. The van der Waals surface area contributed by atoms with Crippen LogP contribution in [0.4, 0.5) is 0 Å². The molecule has 2 aliphatic carbocycles. The lowest BCUT2D eigenvalue weighted by Crippen LogP contribution is -2.79. The first-order valence-electron chi connectivity index (χ1n) is 14.0. The Morgan fingerprint density at radius 1 is 1.16 bits per heavy atom. The molecule has 5 atom stereocenters. The van der Waals surface area contributed by atoms with E-state index in [1.165, 1.54) is 18.1 Å². The lowest BCUT2D eigenvalue weighted by molar-refractivity contribution is -0.221. The summed E-state index contributed by atoms with van der Waals surface area (Å²) in [6.45, 7) is 7.38. The smallest absolute Gasteiger partial charge is 0.303 e. The normalized spacial score (nSPS) is 31.1. The molecule has 1 saturated heterocycles. The zero-order valence-electron chi connectivity index (χ0n) is 22.9. The molecule has 2 bridgehead atoms. The molecule has 2 aromatic rings. The molecule has 2 aromatic carbocycles. The second-order valence-corrected chi connectivity index (χ2v) is 12.0. The van der Waals surface area contributed by atoms with Gasteiger partial charge in [-0.3, -0.25) is 14.5 Å². The van der Waals surface area contributed by atoms with Crippen molar-refractivity contribution < 1.29 is 19.1 Å². The van der Waals surface area contributed by atoms with Gasteiger partial charge in [-0.05, 0) is 68.5 Å². The number of likely N-dealkylation sites (tertiary alicyclic amines) is 1. The van der Waals surface area contributed by atoms with E-state index in [2.05, 4.69) is 44.0 Å². The summed E-state index contributed by atoms with van der Waals surface area (Å²) in [5.41, 5.74) is 2.37. The molecule has 0 aromatic heterocycles. The van der Waals surface area contributed by atoms with Gasteiger partial charge in [-0.1, -0.05) is 56.3 Å². The Morgan fingerprint density at radius 2 is 1.95 bits per heavy atom. The highest BCUT2D eigenvalue weighted by atomic mass is 16.6. The van der Waals surface area contributed by atoms with Crippen LogP contribution in [0.15, 0.2) is 54.6 Å². The van der Waals surface area contributed by atoms with E-state index in [0.29, 0.717) is 18.9 Å². The van der Waals surface area contributed by atoms with E-state index in [1.54, 1.807) is 6.08 Å². The van der Waals surface area contributed by atoms with Gasteiger partial charge in [0, 0.05) is 25.1 Å². The number of amides is 1. The molecule has 1 amide bonds. The van der Waals surface area contributed by atoms with Gasteiger partial charge >= 0.3 is 5.97 Å². The fourth-order valence-corrected chi connectivity index (χ4v) is 8.06. The summed E-state index contributed by atoms with van der Waals surface area (Å²) >= 11 is 0. The second-order valence-electron chi connectivity index (χ2n) is 12.0. The van der Waals surface area contributed by atoms with Crippen LogP contribution in [0, 0.1) is 5.92 Å². The fourth-order valence-electron chi connectivity index (χ4n) is 8.06. The van der Waals surface area contributed by atoms with Gasteiger partial charge in [-0.2, -0.15) is 0 Å². The van der Waals surface area contributed by atoms with Crippen LogP contribution >= 0.6 is 0 Å². The average Bonchev–Trinajstić information content (AvgIpc) is 3.23. The van der Waals surface area contributed by atoms with E-state index in [0.717, 1.165) is 37.1 Å². The van der Waals surface area contributed by atoms with E-state index in [4.69, 9.17) is 9.47 Å². The molecular weight excluding hydrogens is 476 g/mol. The summed E-state index contributed by atoms with van der Waals surface area (Å²) in [6.07, 6.45) is 6.45. The van der Waals surface area contributed by atoms with Gasteiger partial charge in [0.15, 0.2) is 0 Å². The van der Waals surface area contributed by atoms with Crippen LogP contribution in [0.1, 0.15) is 56.7 Å². The summed E-state index contributed by atoms with van der Waals surface area (Å²) in [7, 11) is 2.15. The largest absolute Gasteiger partial charge is 0.487 e. The van der Waals surface area contributed by atoms with Gasteiger partial charge in [0.2, 0.25) is 5.91 Å². The fraction of sp³-hybridized carbons (Fsp3) is 0.500. The molecule has 38 heavy (non-hydrogen) atoms. The van der Waals surface area contributed by atoms with E-state index in [-0.39, 0.29) is 30.1 Å². The number of ether oxygens (including phenoxy) is 2. The second kappa shape index (κ2) is 9.26. The molecule has 4 aliphatic rings. The highest BCUT2D eigenvalue weighted by molar-refractivity contribution is 5.92. The SMILES string of the molecule is CC(=O)O[C@@]12CC[C@@H](N(CC(C)C)C(=O)C=Cc3ccccc3)[C@@H]3Oc4cccc5c4[C@@]31CCN(C)[C@@H]2C5. The van der Waals surface area contributed by atoms with Crippen LogP contribution in [-0.4, -0.2) is 65.6 Å². The van der Waals surface area contributed by atoms with E-state index in [9.17, 15) is 9.59 Å². The summed E-state index contributed by atoms with van der Waals surface area (Å²) in [6, 6.07) is 16.2. The maximum Gasteiger partial charge on any atom is 0.303 e. The monoisotopic (exact) mass is 514 g/mol. The van der Waals surface area contributed by atoms with Crippen molar-refractivity contribution in [3.05, 3.63) is 71.3 Å². The van der Waals surface area contributed by atoms with Gasteiger partial charge in [-0.25, -0.2) is 0 Å². The van der Waals surface area contributed by atoms with Crippen molar-refractivity contribution in [3.8, 4) is 5.75 Å². The quantitative estimate of drug-likeness (QED) is 0.416. The lowest BCUT2D eigenvalue weighted by Gasteiger charge is -2.65. The van der Waals surface area contributed by atoms with Crippen LogP contribution < -0.4 is 4.74 Å². The molecule has 6 heteroatoms. The first kappa shape index (κ1) is 25.2. The minimum Gasteiger partial charge on any atom is -0.487 e. The zero-order chi connectivity index (χ0) is 26.7. The zero-order valence-corrected chi connectivity index (χ0v) is 22.9. The first-order valence-corrected chi connectivity index (χ1v) is 14.0. The third kappa shape index (κ3) is 3.64. The van der Waals surface area contributed by atoms with Gasteiger partial charge in [0.1, 0.15) is 17.5 Å². The number of nitrogens with zero attached hydrogens (tertiary/aromatic N) is 2. The number of carbonyl (C=O) groups is 2. The van der Waals surface area contributed by atoms with Crippen LogP contribution in [0.5, 0.6) is 5.75 Å². The third-order valence-corrected chi connectivity index (χ3v) is 9.35. The molecule has 1 spiro atoms. The first-order chi connectivity index (χ1) is 18.3. The van der Waals surface area contributed by atoms with Crippen molar-refractivity contribution in [2.45, 2.75) is 75.7 Å². The molecule has 2 fully saturated rings. The van der Waals surface area contributed by atoms with Crippen LogP contribution in [0.25, 0.3) is 6.08 Å². The molecule has 1 saturated carbocycles. The number of rotatable bonds is 6. The predicted octanol–water partition coefficient (Wildman–Crippen LogP) is 4.61. The summed E-state index contributed by atoms with van der Waals surface area (Å²) in [5.74, 6) is 0.966. The van der Waals surface area contributed by atoms with Crippen molar-refractivity contribution in [1.82, 2.24) is 9.80 Å². The maximum atomic E-state index is 13.8. The van der Waals surface area contributed by atoms with Crippen molar-refractivity contribution in [1.29, 1.82) is 0 Å². The Kier molecular flexibility index (Phi) is 6.14. The third-order valence-electron chi connectivity index (χ3n) is 9.35. The molecular formula is C32H38N2O4. The molecule has 0 radical (unpaired) electrons. The van der Waals surface area contributed by atoms with E-state index >= 15 is 0 Å². The van der Waals surface area contributed by atoms with Gasteiger partial charge in [0.05, 0.1) is 17.5 Å². The van der Waals surface area contributed by atoms with Crippen molar-refractivity contribution in [3.63, 3.8) is 0 Å². The minimum atomic E-state index is -0.668. The van der Waals surface area contributed by atoms with Crippen molar-refractivity contribution in [2.75, 3.05) is 20.1 Å². The minimum absolute atomic E-state index is 0.00371. The summed E-state index contributed by atoms with van der Waals surface area (Å²) in [4.78, 5) is 30.9. The Balaban J connectivity index is 1.45. The van der Waals surface area contributed by atoms with Gasteiger partial charge in [0.25, 0.3) is 0 Å². The number of benzene rings is 2. The number of hydrogen-bond donors (Lipinski definition) is 0. The highest BCUT2D eigenvalue weighted by Crippen LogP contribution is 2.65. The molecule has 0 N–H and O–H groups in total. The van der Waals surface area contributed by atoms with Crippen LogP contribution in [0.2, 0.25) is 0 Å². The molecule has 2 aliphatic heterocycles. The Morgan fingerprint density at radius 3 is 2.68 bits per heavy atom. The molecule has 0 unspecified atom stereocenters. The van der Waals surface area contributed by atoms with Crippen molar-refractivity contribution in [2.24, 2.45) is 5.92 Å². The molecule has 6 nitrogen and oxygen atoms in total. The van der Waals surface area contributed by atoms with E-state index in [1.807, 2.05) is 41.3 Å². The Labute approximate surface area is 225 Å². The topological polar surface area (TPSA) is 59.1 Å². The molecule has 2 heterocycles. The average molecular weight is 515 g/mol. The predicted molar refractivity (Wildman–Crippen MR) is 147 cm³/mol. The highest BCUT2D eigenvalue weighted by Gasteiger charge is 2.75. The Hall–Kier alpha value is -3.12. The van der Waals surface area contributed by atoms with E-state index < -0.39 is 11.0 Å². The van der Waals surface area contributed by atoms with Crippen LogP contribution in [-0.2, 0) is 26.2 Å². The van der Waals surface area contributed by atoms with Crippen LogP contribution in [0.3, 0.4) is 0 Å².